The van der Waals surface area contributed by atoms with E-state index >= 15 is 0 Å². The van der Waals surface area contributed by atoms with Crippen molar-refractivity contribution in [1.82, 2.24) is 19.5 Å². The van der Waals surface area contributed by atoms with E-state index in [1.54, 1.807) is 0 Å². The standard InChI is InChI=1S/C14H16F2N4O2S/c15-10-5-4-6-11(16)14(10)23(21,22)17-9-13-19-18-12-7-2-1-3-8-20(12)13/h4-6,17H,1-3,7-9H2. The third-order valence-corrected chi connectivity index (χ3v) is 5.25. The van der Waals surface area contributed by atoms with Gasteiger partial charge in [-0.1, -0.05) is 12.5 Å². The molecule has 0 bridgehead atoms. The molecule has 1 aliphatic rings. The van der Waals surface area contributed by atoms with Gasteiger partial charge in [-0.25, -0.2) is 21.9 Å². The highest BCUT2D eigenvalue weighted by molar-refractivity contribution is 7.89. The number of hydrogen-bond donors (Lipinski definition) is 1. The molecule has 0 aliphatic carbocycles. The highest BCUT2D eigenvalue weighted by Crippen LogP contribution is 2.19. The minimum Gasteiger partial charge on any atom is -0.314 e. The number of nitrogens with one attached hydrogen (secondary N) is 1. The topological polar surface area (TPSA) is 76.9 Å². The molecule has 3 rings (SSSR count). The predicted molar refractivity (Wildman–Crippen MR) is 78.0 cm³/mol. The highest BCUT2D eigenvalue weighted by Gasteiger charge is 2.24. The van der Waals surface area contributed by atoms with Gasteiger partial charge >= 0.3 is 0 Å². The van der Waals surface area contributed by atoms with Crippen LogP contribution in [0.15, 0.2) is 23.1 Å². The molecule has 124 valence electrons. The molecule has 1 N–H and O–H groups in total. The van der Waals surface area contributed by atoms with Gasteiger partial charge in [-0.15, -0.1) is 10.2 Å². The Balaban J connectivity index is 1.82. The van der Waals surface area contributed by atoms with E-state index in [-0.39, 0.29) is 6.54 Å². The number of aromatic nitrogens is 3. The number of rotatable bonds is 4. The second-order valence-electron chi connectivity index (χ2n) is 5.37. The van der Waals surface area contributed by atoms with Crippen LogP contribution in [0.4, 0.5) is 8.78 Å². The second kappa shape index (κ2) is 6.32. The Bertz CT molecular complexity index is 800. The Kier molecular flexibility index (Phi) is 4.40. The SMILES string of the molecule is O=S(=O)(NCc1nnc2n1CCCCC2)c1c(F)cccc1F. The number of nitrogens with zero attached hydrogens (tertiary/aromatic N) is 3. The quantitative estimate of drug-likeness (QED) is 0.918. The number of halogens is 2. The molecule has 0 amide bonds. The van der Waals surface area contributed by atoms with E-state index < -0.39 is 26.6 Å². The largest absolute Gasteiger partial charge is 0.314 e. The molecule has 2 heterocycles. The van der Waals surface area contributed by atoms with Gasteiger partial charge in [-0.2, -0.15) is 0 Å². The maximum Gasteiger partial charge on any atom is 0.246 e. The van der Waals surface area contributed by atoms with E-state index in [1.807, 2.05) is 4.57 Å². The number of hydrogen-bond acceptors (Lipinski definition) is 4. The lowest BCUT2D eigenvalue weighted by atomic mass is 10.2. The molecule has 6 nitrogen and oxygen atoms in total. The average molecular weight is 342 g/mol. The fraction of sp³-hybridized carbons (Fsp3) is 0.429. The molecule has 2 aromatic rings. The molecule has 0 saturated heterocycles. The zero-order chi connectivity index (χ0) is 16.4. The zero-order valence-electron chi connectivity index (χ0n) is 12.3. The first kappa shape index (κ1) is 16.0. The van der Waals surface area contributed by atoms with Crippen molar-refractivity contribution in [3.63, 3.8) is 0 Å². The van der Waals surface area contributed by atoms with Crippen LogP contribution in [-0.2, 0) is 29.5 Å². The molecule has 0 atom stereocenters. The van der Waals surface area contributed by atoms with Crippen LogP contribution in [0, 0.1) is 11.6 Å². The Morgan fingerprint density at radius 3 is 2.61 bits per heavy atom. The Hall–Kier alpha value is -1.87. The van der Waals surface area contributed by atoms with Crippen molar-refractivity contribution in [1.29, 1.82) is 0 Å². The summed E-state index contributed by atoms with van der Waals surface area (Å²) in [5.74, 6) is -0.994. The minimum absolute atomic E-state index is 0.164. The third kappa shape index (κ3) is 3.25. The van der Waals surface area contributed by atoms with Gasteiger partial charge in [0.25, 0.3) is 0 Å². The first-order valence-corrected chi connectivity index (χ1v) is 8.82. The van der Waals surface area contributed by atoms with E-state index in [9.17, 15) is 17.2 Å². The van der Waals surface area contributed by atoms with Crippen molar-refractivity contribution >= 4 is 10.0 Å². The zero-order valence-corrected chi connectivity index (χ0v) is 13.1. The molecule has 1 aromatic heterocycles. The molecular weight excluding hydrogens is 326 g/mol. The van der Waals surface area contributed by atoms with Crippen molar-refractivity contribution in [2.75, 3.05) is 0 Å². The third-order valence-electron chi connectivity index (χ3n) is 3.79. The maximum absolute atomic E-state index is 13.6. The number of aryl methyl sites for hydroxylation is 1. The predicted octanol–water partition coefficient (Wildman–Crippen LogP) is 1.76. The molecule has 9 heteroatoms. The number of benzene rings is 1. The van der Waals surface area contributed by atoms with Crippen LogP contribution in [0.3, 0.4) is 0 Å². The summed E-state index contributed by atoms with van der Waals surface area (Å²) in [6, 6.07) is 2.92. The van der Waals surface area contributed by atoms with Crippen LogP contribution in [0.25, 0.3) is 0 Å². The fourth-order valence-electron chi connectivity index (χ4n) is 2.65. The van der Waals surface area contributed by atoms with Gasteiger partial charge < -0.3 is 4.57 Å². The van der Waals surface area contributed by atoms with Gasteiger partial charge in [0.05, 0.1) is 6.54 Å². The lowest BCUT2D eigenvalue weighted by molar-refractivity contribution is 0.511. The molecule has 0 fully saturated rings. The van der Waals surface area contributed by atoms with Crippen molar-refractivity contribution < 1.29 is 17.2 Å². The Morgan fingerprint density at radius 2 is 1.87 bits per heavy atom. The molecule has 0 saturated carbocycles. The summed E-state index contributed by atoms with van der Waals surface area (Å²) in [5.41, 5.74) is 0. The molecule has 0 unspecified atom stereocenters. The van der Waals surface area contributed by atoms with Crippen molar-refractivity contribution in [2.45, 2.75) is 43.7 Å². The van der Waals surface area contributed by atoms with Crippen LogP contribution < -0.4 is 4.72 Å². The summed E-state index contributed by atoms with van der Waals surface area (Å²) in [6.07, 6.45) is 3.85. The summed E-state index contributed by atoms with van der Waals surface area (Å²) in [5, 5.41) is 8.03. The second-order valence-corrected chi connectivity index (χ2v) is 7.07. The van der Waals surface area contributed by atoms with Crippen molar-refractivity contribution in [3.05, 3.63) is 41.5 Å². The van der Waals surface area contributed by atoms with Gasteiger partial charge in [0.2, 0.25) is 10.0 Å². The fourth-order valence-corrected chi connectivity index (χ4v) is 3.76. The normalized spacial score (nSPS) is 15.2. The van der Waals surface area contributed by atoms with Gasteiger partial charge in [0, 0.05) is 13.0 Å². The van der Waals surface area contributed by atoms with Gasteiger partial charge in [0.1, 0.15) is 23.3 Å². The van der Waals surface area contributed by atoms with Crippen LogP contribution in [0.2, 0.25) is 0 Å². The smallest absolute Gasteiger partial charge is 0.246 e. The highest BCUT2D eigenvalue weighted by atomic mass is 32.2. The van der Waals surface area contributed by atoms with Crippen molar-refractivity contribution in [2.24, 2.45) is 0 Å². The summed E-state index contributed by atoms with van der Waals surface area (Å²) < 4.78 is 55.7. The molecule has 23 heavy (non-hydrogen) atoms. The van der Waals surface area contributed by atoms with E-state index in [0.717, 1.165) is 49.7 Å². The first-order chi connectivity index (χ1) is 11.0. The average Bonchev–Trinajstić information content (AvgIpc) is 2.72. The minimum atomic E-state index is -4.31. The van der Waals surface area contributed by atoms with Crippen LogP contribution in [0.1, 0.15) is 30.9 Å². The van der Waals surface area contributed by atoms with Gasteiger partial charge in [-0.05, 0) is 25.0 Å². The van der Waals surface area contributed by atoms with Crippen LogP contribution in [-0.4, -0.2) is 23.2 Å². The number of sulfonamides is 1. The maximum atomic E-state index is 13.6. The molecule has 0 radical (unpaired) electrons. The molecule has 1 aromatic carbocycles. The lowest BCUT2D eigenvalue weighted by Gasteiger charge is -2.10. The summed E-state index contributed by atoms with van der Waals surface area (Å²) >= 11 is 0. The van der Waals surface area contributed by atoms with E-state index in [2.05, 4.69) is 14.9 Å². The summed E-state index contributed by atoms with van der Waals surface area (Å²) in [7, 11) is -4.31. The van der Waals surface area contributed by atoms with Gasteiger partial charge in [0.15, 0.2) is 4.90 Å². The monoisotopic (exact) mass is 342 g/mol. The van der Waals surface area contributed by atoms with Gasteiger partial charge in [-0.3, -0.25) is 0 Å². The lowest BCUT2D eigenvalue weighted by Crippen LogP contribution is -2.27. The van der Waals surface area contributed by atoms with E-state index in [4.69, 9.17) is 0 Å². The molecule has 1 aliphatic heterocycles. The Morgan fingerprint density at radius 1 is 1.13 bits per heavy atom. The molecular formula is C14H16F2N4O2S. The number of fused-ring (bicyclic) bond motifs is 1. The van der Waals surface area contributed by atoms with Crippen molar-refractivity contribution in [3.8, 4) is 0 Å². The van der Waals surface area contributed by atoms with E-state index in [0.29, 0.717) is 12.4 Å². The summed E-state index contributed by atoms with van der Waals surface area (Å²) in [4.78, 5) is -0.976. The van der Waals surface area contributed by atoms with Crippen LogP contribution >= 0.6 is 0 Å². The van der Waals surface area contributed by atoms with E-state index in [1.165, 1.54) is 0 Å². The molecule has 0 spiro atoms. The summed E-state index contributed by atoms with van der Waals surface area (Å²) in [6.45, 7) is 0.552. The van der Waals surface area contributed by atoms with Crippen LogP contribution in [0.5, 0.6) is 0 Å². The Labute approximate surface area is 132 Å². The first-order valence-electron chi connectivity index (χ1n) is 7.33.